The molecule has 1 aromatic heterocycles. The van der Waals surface area contributed by atoms with Gasteiger partial charge in [-0.3, -0.25) is 9.59 Å². The van der Waals surface area contributed by atoms with E-state index in [9.17, 15) is 9.59 Å². The zero-order valence-corrected chi connectivity index (χ0v) is 13.4. The number of carbonyl (C=O) groups excluding carboxylic acids is 2. The van der Waals surface area contributed by atoms with E-state index in [-0.39, 0.29) is 23.2 Å². The number of hydrogen-bond donors (Lipinski definition) is 2. The molecule has 0 atom stereocenters. The van der Waals surface area contributed by atoms with E-state index in [1.54, 1.807) is 4.90 Å². The SMILES string of the molecule is Nc1c(C(=O)N2CCCC2)nsc1C(=O)NCc1ccccc1. The van der Waals surface area contributed by atoms with Crippen LogP contribution >= 0.6 is 11.5 Å². The quantitative estimate of drug-likeness (QED) is 0.896. The van der Waals surface area contributed by atoms with Crippen LogP contribution in [0.4, 0.5) is 5.69 Å². The maximum Gasteiger partial charge on any atom is 0.275 e. The van der Waals surface area contributed by atoms with E-state index in [1.807, 2.05) is 30.3 Å². The minimum Gasteiger partial charge on any atom is -0.395 e. The summed E-state index contributed by atoms with van der Waals surface area (Å²) in [6.45, 7) is 1.86. The van der Waals surface area contributed by atoms with Crippen molar-refractivity contribution in [1.82, 2.24) is 14.6 Å². The number of amides is 2. The van der Waals surface area contributed by atoms with E-state index in [2.05, 4.69) is 9.69 Å². The van der Waals surface area contributed by atoms with Crippen LogP contribution in [-0.4, -0.2) is 34.2 Å². The Bertz CT molecular complexity index is 708. The Labute approximate surface area is 138 Å². The number of aromatic nitrogens is 1. The third-order valence-corrected chi connectivity index (χ3v) is 4.69. The van der Waals surface area contributed by atoms with Gasteiger partial charge in [0, 0.05) is 19.6 Å². The molecule has 0 radical (unpaired) electrons. The van der Waals surface area contributed by atoms with Gasteiger partial charge < -0.3 is 16.0 Å². The molecule has 1 aromatic carbocycles. The highest BCUT2D eigenvalue weighted by atomic mass is 32.1. The van der Waals surface area contributed by atoms with E-state index in [0.717, 1.165) is 43.0 Å². The van der Waals surface area contributed by atoms with Crippen molar-refractivity contribution in [2.75, 3.05) is 18.8 Å². The van der Waals surface area contributed by atoms with E-state index < -0.39 is 0 Å². The molecule has 0 saturated carbocycles. The van der Waals surface area contributed by atoms with Gasteiger partial charge in [0.05, 0.1) is 5.69 Å². The van der Waals surface area contributed by atoms with Crippen LogP contribution in [0.5, 0.6) is 0 Å². The van der Waals surface area contributed by atoms with Gasteiger partial charge in [0.2, 0.25) is 0 Å². The zero-order chi connectivity index (χ0) is 16.2. The summed E-state index contributed by atoms with van der Waals surface area (Å²) in [5, 5.41) is 2.80. The summed E-state index contributed by atoms with van der Waals surface area (Å²) < 4.78 is 4.10. The highest BCUT2D eigenvalue weighted by molar-refractivity contribution is 7.09. The Balaban J connectivity index is 1.68. The first-order chi connectivity index (χ1) is 11.2. The van der Waals surface area contributed by atoms with Crippen LogP contribution in [0.15, 0.2) is 30.3 Å². The maximum absolute atomic E-state index is 12.3. The second-order valence-electron chi connectivity index (χ2n) is 5.44. The van der Waals surface area contributed by atoms with Crippen molar-refractivity contribution in [3.63, 3.8) is 0 Å². The normalized spacial score (nSPS) is 14.0. The van der Waals surface area contributed by atoms with Crippen molar-refractivity contribution in [2.24, 2.45) is 0 Å². The molecule has 0 unspecified atom stereocenters. The molecular weight excluding hydrogens is 312 g/mol. The molecule has 0 bridgehead atoms. The minimum absolute atomic E-state index is 0.178. The number of rotatable bonds is 4. The molecule has 6 nitrogen and oxygen atoms in total. The number of nitrogens with one attached hydrogen (secondary N) is 1. The van der Waals surface area contributed by atoms with Gasteiger partial charge in [-0.15, -0.1) is 0 Å². The lowest BCUT2D eigenvalue weighted by molar-refractivity contribution is 0.0789. The smallest absolute Gasteiger partial charge is 0.275 e. The summed E-state index contributed by atoms with van der Waals surface area (Å²) in [5.74, 6) is -0.484. The van der Waals surface area contributed by atoms with Crippen molar-refractivity contribution in [3.05, 3.63) is 46.5 Å². The second-order valence-corrected chi connectivity index (χ2v) is 6.21. The van der Waals surface area contributed by atoms with E-state index in [1.165, 1.54) is 0 Å². The third kappa shape index (κ3) is 3.34. The lowest BCUT2D eigenvalue weighted by atomic mass is 10.2. The number of hydrogen-bond acceptors (Lipinski definition) is 5. The Morgan fingerprint density at radius 3 is 2.61 bits per heavy atom. The summed E-state index contributed by atoms with van der Waals surface area (Å²) >= 11 is 0.972. The lowest BCUT2D eigenvalue weighted by Crippen LogP contribution is -2.29. The van der Waals surface area contributed by atoms with Gasteiger partial charge in [-0.25, -0.2) is 0 Å². The number of likely N-dealkylation sites (tertiary alicyclic amines) is 1. The van der Waals surface area contributed by atoms with Gasteiger partial charge in [-0.05, 0) is 29.9 Å². The summed E-state index contributed by atoms with van der Waals surface area (Å²) in [6, 6.07) is 9.60. The monoisotopic (exact) mass is 330 g/mol. The molecular formula is C16H18N4O2S. The average molecular weight is 330 g/mol. The Hall–Kier alpha value is -2.41. The van der Waals surface area contributed by atoms with Crippen LogP contribution in [0.25, 0.3) is 0 Å². The van der Waals surface area contributed by atoms with Crippen LogP contribution in [-0.2, 0) is 6.54 Å². The number of carbonyl (C=O) groups is 2. The highest BCUT2D eigenvalue weighted by Crippen LogP contribution is 2.24. The van der Waals surface area contributed by atoms with Crippen LogP contribution in [0.2, 0.25) is 0 Å². The number of nitrogens with zero attached hydrogens (tertiary/aromatic N) is 2. The first-order valence-corrected chi connectivity index (χ1v) is 8.30. The van der Waals surface area contributed by atoms with E-state index >= 15 is 0 Å². The van der Waals surface area contributed by atoms with Crippen LogP contribution in [0, 0.1) is 0 Å². The van der Waals surface area contributed by atoms with Crippen molar-refractivity contribution in [1.29, 1.82) is 0 Å². The fourth-order valence-electron chi connectivity index (χ4n) is 2.54. The fourth-order valence-corrected chi connectivity index (χ4v) is 3.25. The Kier molecular flexibility index (Phi) is 4.57. The molecule has 120 valence electrons. The van der Waals surface area contributed by atoms with Gasteiger partial charge in [-0.1, -0.05) is 30.3 Å². The van der Waals surface area contributed by atoms with Crippen LogP contribution < -0.4 is 11.1 Å². The number of nitrogen functional groups attached to an aromatic ring is 1. The highest BCUT2D eigenvalue weighted by Gasteiger charge is 2.27. The average Bonchev–Trinajstić information content (AvgIpc) is 3.23. The minimum atomic E-state index is -0.302. The van der Waals surface area contributed by atoms with E-state index in [0.29, 0.717) is 11.4 Å². The first-order valence-electron chi connectivity index (χ1n) is 7.53. The number of nitrogens with two attached hydrogens (primary N) is 1. The second kappa shape index (κ2) is 6.78. The molecule has 23 heavy (non-hydrogen) atoms. The predicted octanol–water partition coefficient (Wildman–Crippen LogP) is 1.89. The van der Waals surface area contributed by atoms with Crippen molar-refractivity contribution >= 4 is 29.0 Å². The van der Waals surface area contributed by atoms with Gasteiger partial charge >= 0.3 is 0 Å². The van der Waals surface area contributed by atoms with Gasteiger partial charge in [-0.2, -0.15) is 4.37 Å². The first kappa shape index (κ1) is 15.5. The lowest BCUT2D eigenvalue weighted by Gasteiger charge is -2.13. The summed E-state index contributed by atoms with van der Waals surface area (Å²) in [7, 11) is 0. The molecule has 2 heterocycles. The molecule has 3 N–H and O–H groups in total. The topological polar surface area (TPSA) is 88.3 Å². The number of anilines is 1. The summed E-state index contributed by atoms with van der Waals surface area (Å²) in [4.78, 5) is 26.6. The van der Waals surface area contributed by atoms with Crippen molar-refractivity contribution in [3.8, 4) is 0 Å². The maximum atomic E-state index is 12.3. The molecule has 0 spiro atoms. The van der Waals surface area contributed by atoms with Gasteiger partial charge in [0.1, 0.15) is 4.88 Å². The third-order valence-electron chi connectivity index (χ3n) is 3.83. The summed E-state index contributed by atoms with van der Waals surface area (Å²) in [5.41, 5.74) is 7.35. The van der Waals surface area contributed by atoms with Crippen LogP contribution in [0.3, 0.4) is 0 Å². The van der Waals surface area contributed by atoms with Crippen molar-refractivity contribution in [2.45, 2.75) is 19.4 Å². The molecule has 2 aromatic rings. The molecule has 1 fully saturated rings. The largest absolute Gasteiger partial charge is 0.395 e. The Morgan fingerprint density at radius 2 is 1.91 bits per heavy atom. The molecule has 1 aliphatic heterocycles. The molecule has 1 aliphatic rings. The number of benzene rings is 1. The van der Waals surface area contributed by atoms with Crippen LogP contribution in [0.1, 0.15) is 38.6 Å². The predicted molar refractivity (Wildman–Crippen MR) is 89.3 cm³/mol. The molecule has 3 rings (SSSR count). The summed E-state index contributed by atoms with van der Waals surface area (Å²) in [6.07, 6.45) is 2.00. The zero-order valence-electron chi connectivity index (χ0n) is 12.6. The molecule has 0 aliphatic carbocycles. The van der Waals surface area contributed by atoms with Gasteiger partial charge in [0.15, 0.2) is 5.69 Å². The fraction of sp³-hybridized carbons (Fsp3) is 0.312. The Morgan fingerprint density at radius 1 is 1.22 bits per heavy atom. The van der Waals surface area contributed by atoms with Crippen molar-refractivity contribution < 1.29 is 9.59 Å². The molecule has 7 heteroatoms. The standard InChI is InChI=1S/C16H18N4O2S/c17-12-13(16(22)20-8-4-5-9-20)19-23-14(12)15(21)18-10-11-6-2-1-3-7-11/h1-3,6-7H,4-5,8-10,17H2,(H,18,21). The van der Waals surface area contributed by atoms with E-state index in [4.69, 9.17) is 5.73 Å². The molecule has 1 saturated heterocycles. The van der Waals surface area contributed by atoms with Gasteiger partial charge in [0.25, 0.3) is 11.8 Å². The molecule has 2 amide bonds.